The van der Waals surface area contributed by atoms with Crippen molar-refractivity contribution in [1.29, 1.82) is 0 Å². The topological polar surface area (TPSA) is 78.4 Å². The van der Waals surface area contributed by atoms with Crippen LogP contribution in [0.5, 0.6) is 0 Å². The maximum atomic E-state index is 12.7. The third kappa shape index (κ3) is 5.53. The molecule has 10 heteroatoms. The second-order valence-electron chi connectivity index (χ2n) is 7.47. The standard InChI is InChI=1S/C20H24BrN5O2S2/c21-15-7-5-14(6-8-15)18(28)25-9-11-26(12-10-25)19-23-24-20(30-19)29-13-17(27)22-16-3-1-2-4-16/h5-8,16H,1-4,9-13H2,(H,22,27). The molecule has 7 nitrogen and oxygen atoms in total. The molecule has 1 saturated heterocycles. The minimum Gasteiger partial charge on any atom is -0.353 e. The van der Waals surface area contributed by atoms with Gasteiger partial charge < -0.3 is 15.1 Å². The Labute approximate surface area is 192 Å². The quantitative estimate of drug-likeness (QED) is 0.601. The SMILES string of the molecule is O=C(CSc1nnc(N2CCN(C(=O)c3ccc(Br)cc3)CC2)s1)NC1CCCC1. The number of aromatic nitrogens is 2. The van der Waals surface area contributed by atoms with Gasteiger partial charge in [0.2, 0.25) is 11.0 Å². The Morgan fingerprint density at radius 3 is 2.50 bits per heavy atom. The van der Waals surface area contributed by atoms with Crippen molar-refractivity contribution in [3.63, 3.8) is 0 Å². The average molecular weight is 510 g/mol. The van der Waals surface area contributed by atoms with Gasteiger partial charge >= 0.3 is 0 Å². The molecule has 30 heavy (non-hydrogen) atoms. The van der Waals surface area contributed by atoms with E-state index in [0.717, 1.165) is 39.9 Å². The van der Waals surface area contributed by atoms with E-state index in [1.807, 2.05) is 29.2 Å². The molecule has 4 rings (SSSR count). The molecule has 2 heterocycles. The van der Waals surface area contributed by atoms with Crippen LogP contribution in [0.25, 0.3) is 0 Å². The molecule has 0 atom stereocenters. The molecule has 1 aliphatic heterocycles. The molecule has 0 unspecified atom stereocenters. The van der Waals surface area contributed by atoms with Crippen LogP contribution in [0, 0.1) is 0 Å². The van der Waals surface area contributed by atoms with Gasteiger partial charge in [0.1, 0.15) is 0 Å². The summed E-state index contributed by atoms with van der Waals surface area (Å²) < 4.78 is 1.77. The highest BCUT2D eigenvalue weighted by Gasteiger charge is 2.24. The van der Waals surface area contributed by atoms with Gasteiger partial charge in [-0.1, -0.05) is 51.9 Å². The van der Waals surface area contributed by atoms with Gasteiger partial charge in [-0.2, -0.15) is 0 Å². The lowest BCUT2D eigenvalue weighted by molar-refractivity contribution is -0.119. The number of nitrogens with zero attached hydrogens (tertiary/aromatic N) is 4. The zero-order chi connectivity index (χ0) is 20.9. The highest BCUT2D eigenvalue weighted by molar-refractivity contribution is 9.10. The Morgan fingerprint density at radius 1 is 1.10 bits per heavy atom. The number of nitrogens with one attached hydrogen (secondary N) is 1. The fourth-order valence-corrected chi connectivity index (χ4v) is 5.70. The maximum Gasteiger partial charge on any atom is 0.253 e. The van der Waals surface area contributed by atoms with E-state index in [-0.39, 0.29) is 11.8 Å². The van der Waals surface area contributed by atoms with Crippen molar-refractivity contribution in [2.45, 2.75) is 36.1 Å². The fraction of sp³-hybridized carbons (Fsp3) is 0.500. The van der Waals surface area contributed by atoms with E-state index in [0.29, 0.717) is 30.4 Å². The number of amides is 2. The first-order valence-corrected chi connectivity index (χ1v) is 12.7. The minimum atomic E-state index is 0.0592. The third-order valence-corrected chi connectivity index (χ3v) is 8.02. The number of piperazine rings is 1. The third-order valence-electron chi connectivity index (χ3n) is 5.37. The zero-order valence-electron chi connectivity index (χ0n) is 16.6. The van der Waals surface area contributed by atoms with E-state index < -0.39 is 0 Å². The Hall–Kier alpha value is -1.65. The summed E-state index contributed by atoms with van der Waals surface area (Å²) in [5, 5.41) is 12.5. The largest absolute Gasteiger partial charge is 0.353 e. The molecule has 0 spiro atoms. The molecular formula is C20H24BrN5O2S2. The molecule has 1 aliphatic carbocycles. The molecule has 2 fully saturated rings. The summed E-state index contributed by atoms with van der Waals surface area (Å²) in [7, 11) is 0. The monoisotopic (exact) mass is 509 g/mol. The summed E-state index contributed by atoms with van der Waals surface area (Å²) in [6.45, 7) is 2.76. The Balaban J connectivity index is 1.24. The van der Waals surface area contributed by atoms with Crippen molar-refractivity contribution in [3.8, 4) is 0 Å². The van der Waals surface area contributed by atoms with Crippen molar-refractivity contribution >= 4 is 56.0 Å². The van der Waals surface area contributed by atoms with Crippen molar-refractivity contribution in [2.75, 3.05) is 36.8 Å². The number of hydrogen-bond acceptors (Lipinski definition) is 7. The molecule has 2 aromatic rings. The zero-order valence-corrected chi connectivity index (χ0v) is 19.8. The van der Waals surface area contributed by atoms with Crippen LogP contribution in [-0.4, -0.2) is 64.9 Å². The minimum absolute atomic E-state index is 0.0592. The summed E-state index contributed by atoms with van der Waals surface area (Å²) in [4.78, 5) is 28.8. The van der Waals surface area contributed by atoms with E-state index in [1.165, 1.54) is 35.9 Å². The number of hydrogen-bond donors (Lipinski definition) is 1. The molecule has 1 aromatic carbocycles. The van der Waals surface area contributed by atoms with Crippen molar-refractivity contribution in [3.05, 3.63) is 34.3 Å². The lowest BCUT2D eigenvalue weighted by Crippen LogP contribution is -2.48. The summed E-state index contributed by atoms with van der Waals surface area (Å²) in [6, 6.07) is 7.81. The summed E-state index contributed by atoms with van der Waals surface area (Å²) in [5.74, 6) is 0.508. The van der Waals surface area contributed by atoms with E-state index in [2.05, 4.69) is 36.3 Å². The van der Waals surface area contributed by atoms with Gasteiger partial charge in [0.05, 0.1) is 5.75 Å². The summed E-state index contributed by atoms with van der Waals surface area (Å²) in [5.41, 5.74) is 0.706. The molecule has 0 radical (unpaired) electrons. The van der Waals surface area contributed by atoms with Crippen LogP contribution in [0.3, 0.4) is 0 Å². The number of halogens is 1. The molecule has 1 N–H and O–H groups in total. The van der Waals surface area contributed by atoms with Crippen molar-refractivity contribution in [1.82, 2.24) is 20.4 Å². The fourth-order valence-electron chi connectivity index (χ4n) is 3.73. The number of thioether (sulfide) groups is 1. The van der Waals surface area contributed by atoms with E-state index in [1.54, 1.807) is 0 Å². The van der Waals surface area contributed by atoms with Crippen LogP contribution in [0.15, 0.2) is 33.1 Å². The molecule has 160 valence electrons. The number of anilines is 1. The van der Waals surface area contributed by atoms with E-state index >= 15 is 0 Å². The highest BCUT2D eigenvalue weighted by Crippen LogP contribution is 2.29. The molecule has 1 saturated carbocycles. The lowest BCUT2D eigenvalue weighted by Gasteiger charge is -2.34. The number of carbonyl (C=O) groups excluding carboxylic acids is 2. The van der Waals surface area contributed by atoms with Gasteiger partial charge in [0.25, 0.3) is 5.91 Å². The predicted octanol–water partition coefficient (Wildman–Crippen LogP) is 3.41. The normalized spacial score (nSPS) is 17.4. The van der Waals surface area contributed by atoms with Gasteiger partial charge in [-0.3, -0.25) is 9.59 Å². The number of benzene rings is 1. The number of rotatable bonds is 6. The Kier molecular flexibility index (Phi) is 7.27. The van der Waals surface area contributed by atoms with Crippen LogP contribution in [0.1, 0.15) is 36.0 Å². The second-order valence-corrected chi connectivity index (χ2v) is 10.6. The van der Waals surface area contributed by atoms with Gasteiger partial charge in [0.15, 0.2) is 4.34 Å². The van der Waals surface area contributed by atoms with Crippen LogP contribution in [0.4, 0.5) is 5.13 Å². The molecular weight excluding hydrogens is 486 g/mol. The van der Waals surface area contributed by atoms with Crippen LogP contribution in [-0.2, 0) is 4.79 Å². The first kappa shape index (κ1) is 21.6. The van der Waals surface area contributed by atoms with Gasteiger partial charge in [-0.05, 0) is 37.1 Å². The Bertz CT molecular complexity index is 878. The summed E-state index contributed by atoms with van der Waals surface area (Å²) >= 11 is 6.35. The summed E-state index contributed by atoms with van der Waals surface area (Å²) in [6.07, 6.45) is 4.60. The average Bonchev–Trinajstić information content (AvgIpc) is 3.45. The van der Waals surface area contributed by atoms with Gasteiger partial charge in [0, 0.05) is 42.3 Å². The van der Waals surface area contributed by atoms with Crippen LogP contribution in [0.2, 0.25) is 0 Å². The number of carbonyl (C=O) groups is 2. The second kappa shape index (κ2) is 10.1. The van der Waals surface area contributed by atoms with Gasteiger partial charge in [-0.25, -0.2) is 0 Å². The van der Waals surface area contributed by atoms with Gasteiger partial charge in [-0.15, -0.1) is 10.2 Å². The maximum absolute atomic E-state index is 12.7. The predicted molar refractivity (Wildman–Crippen MR) is 123 cm³/mol. The van der Waals surface area contributed by atoms with Crippen molar-refractivity contribution in [2.24, 2.45) is 0 Å². The van der Waals surface area contributed by atoms with E-state index in [9.17, 15) is 9.59 Å². The smallest absolute Gasteiger partial charge is 0.253 e. The molecule has 1 aromatic heterocycles. The van der Waals surface area contributed by atoms with Crippen LogP contribution < -0.4 is 10.2 Å². The molecule has 0 bridgehead atoms. The van der Waals surface area contributed by atoms with E-state index in [4.69, 9.17) is 0 Å². The van der Waals surface area contributed by atoms with Crippen LogP contribution >= 0.6 is 39.0 Å². The lowest BCUT2D eigenvalue weighted by atomic mass is 10.2. The Morgan fingerprint density at radius 2 is 1.80 bits per heavy atom. The highest BCUT2D eigenvalue weighted by atomic mass is 79.9. The molecule has 2 amide bonds. The first-order chi connectivity index (χ1) is 14.6. The molecule has 2 aliphatic rings. The van der Waals surface area contributed by atoms with Crippen molar-refractivity contribution < 1.29 is 9.59 Å². The first-order valence-electron chi connectivity index (χ1n) is 10.1.